The van der Waals surface area contributed by atoms with Crippen LogP contribution in [0.25, 0.3) is 0 Å². The molecule has 2 amide bonds. The molecule has 0 atom stereocenters. The van der Waals surface area contributed by atoms with Crippen molar-refractivity contribution in [1.29, 1.82) is 5.26 Å². The molecule has 1 aliphatic rings. The molecule has 0 radical (unpaired) electrons. The summed E-state index contributed by atoms with van der Waals surface area (Å²) >= 11 is 0. The minimum Gasteiger partial charge on any atom is -0.348 e. The second-order valence-corrected chi connectivity index (χ2v) is 5.32. The van der Waals surface area contributed by atoms with Crippen molar-refractivity contribution < 1.29 is 9.59 Å². The Kier molecular flexibility index (Phi) is 4.02. The van der Waals surface area contributed by atoms with E-state index in [4.69, 9.17) is 5.26 Å². The standard InChI is InChI=1S/C17H14N4O2/c18-10-11-1-3-13(4-2-11)20-16(22)12-7-8-19-15(9-12)17(23)21-14-5-6-14/h1-4,7-9,14H,5-6H2,(H,20,22)(H,21,23). The van der Waals surface area contributed by atoms with Crippen LogP contribution in [0, 0.1) is 11.3 Å². The van der Waals surface area contributed by atoms with E-state index >= 15 is 0 Å². The molecule has 2 N–H and O–H groups in total. The Hall–Kier alpha value is -3.20. The first-order valence-electron chi connectivity index (χ1n) is 7.24. The number of hydrogen-bond donors (Lipinski definition) is 2. The monoisotopic (exact) mass is 306 g/mol. The van der Waals surface area contributed by atoms with Gasteiger partial charge in [0.05, 0.1) is 11.6 Å². The largest absolute Gasteiger partial charge is 0.348 e. The molecule has 6 heteroatoms. The van der Waals surface area contributed by atoms with Gasteiger partial charge in [-0.3, -0.25) is 14.6 Å². The maximum atomic E-state index is 12.2. The molecule has 6 nitrogen and oxygen atoms in total. The molecule has 114 valence electrons. The van der Waals surface area contributed by atoms with Gasteiger partial charge in [0.15, 0.2) is 0 Å². The van der Waals surface area contributed by atoms with Gasteiger partial charge in [0.2, 0.25) is 0 Å². The summed E-state index contributed by atoms with van der Waals surface area (Å²) in [7, 11) is 0. The molecule has 2 aromatic rings. The summed E-state index contributed by atoms with van der Waals surface area (Å²) in [5.41, 5.74) is 1.68. The Labute approximate surface area is 133 Å². The molecule has 0 unspecified atom stereocenters. The van der Waals surface area contributed by atoms with Crippen molar-refractivity contribution in [3.8, 4) is 6.07 Å². The molecule has 0 spiro atoms. The summed E-state index contributed by atoms with van der Waals surface area (Å²) in [6.45, 7) is 0. The molecule has 1 aromatic carbocycles. The van der Waals surface area contributed by atoms with Crippen LogP contribution in [0.3, 0.4) is 0 Å². The zero-order valence-corrected chi connectivity index (χ0v) is 12.2. The lowest BCUT2D eigenvalue weighted by Crippen LogP contribution is -2.26. The van der Waals surface area contributed by atoms with Crippen molar-refractivity contribution in [3.05, 3.63) is 59.4 Å². The lowest BCUT2D eigenvalue weighted by Gasteiger charge is -2.07. The Balaban J connectivity index is 1.71. The lowest BCUT2D eigenvalue weighted by molar-refractivity contribution is 0.0946. The number of nitrogens with one attached hydrogen (secondary N) is 2. The van der Waals surface area contributed by atoms with Crippen molar-refractivity contribution in [3.63, 3.8) is 0 Å². The number of nitriles is 1. The highest BCUT2D eigenvalue weighted by atomic mass is 16.2. The SMILES string of the molecule is N#Cc1ccc(NC(=O)c2ccnc(C(=O)NC3CC3)c2)cc1. The van der Waals surface area contributed by atoms with Gasteiger partial charge in [-0.15, -0.1) is 0 Å². The summed E-state index contributed by atoms with van der Waals surface area (Å²) < 4.78 is 0. The third-order valence-corrected chi connectivity index (χ3v) is 3.44. The summed E-state index contributed by atoms with van der Waals surface area (Å²) in [5.74, 6) is -0.599. The Morgan fingerprint density at radius 1 is 1.13 bits per heavy atom. The summed E-state index contributed by atoms with van der Waals surface area (Å²) in [5, 5.41) is 14.3. The molecule has 1 fully saturated rings. The average molecular weight is 306 g/mol. The molecular weight excluding hydrogens is 292 g/mol. The highest BCUT2D eigenvalue weighted by Gasteiger charge is 2.24. The molecule has 1 saturated carbocycles. The van der Waals surface area contributed by atoms with E-state index in [0.29, 0.717) is 16.8 Å². The first kappa shape index (κ1) is 14.7. The predicted octanol–water partition coefficient (Wildman–Crippen LogP) is 2.10. The van der Waals surface area contributed by atoms with Gasteiger partial charge in [-0.2, -0.15) is 5.26 Å². The highest BCUT2D eigenvalue weighted by Crippen LogP contribution is 2.19. The average Bonchev–Trinajstić information content (AvgIpc) is 3.39. The second-order valence-electron chi connectivity index (χ2n) is 5.32. The van der Waals surface area contributed by atoms with E-state index in [9.17, 15) is 9.59 Å². The normalized spacial score (nSPS) is 13.0. The predicted molar refractivity (Wildman–Crippen MR) is 83.8 cm³/mol. The number of anilines is 1. The van der Waals surface area contributed by atoms with Crippen molar-refractivity contribution in [2.75, 3.05) is 5.32 Å². The zero-order valence-electron chi connectivity index (χ0n) is 12.2. The Bertz CT molecular complexity index is 789. The van der Waals surface area contributed by atoms with Crippen LogP contribution in [-0.4, -0.2) is 22.8 Å². The number of rotatable bonds is 4. The third kappa shape index (κ3) is 3.71. The Morgan fingerprint density at radius 3 is 2.52 bits per heavy atom. The fraction of sp³-hybridized carbons (Fsp3) is 0.176. The summed E-state index contributed by atoms with van der Waals surface area (Å²) in [4.78, 5) is 28.2. The fourth-order valence-electron chi connectivity index (χ4n) is 2.01. The molecule has 0 aliphatic heterocycles. The number of carbonyl (C=O) groups excluding carboxylic acids is 2. The number of nitrogens with zero attached hydrogens (tertiary/aromatic N) is 2. The minimum atomic E-state index is -0.336. The van der Waals surface area contributed by atoms with Gasteiger partial charge < -0.3 is 10.6 Å². The number of aromatic nitrogens is 1. The van der Waals surface area contributed by atoms with Gasteiger partial charge in [-0.05, 0) is 49.2 Å². The number of pyridine rings is 1. The van der Waals surface area contributed by atoms with Crippen LogP contribution in [0.1, 0.15) is 39.3 Å². The molecule has 3 rings (SSSR count). The molecule has 1 heterocycles. The van der Waals surface area contributed by atoms with Gasteiger partial charge in [0, 0.05) is 23.5 Å². The third-order valence-electron chi connectivity index (χ3n) is 3.44. The van der Waals surface area contributed by atoms with Crippen molar-refractivity contribution in [2.24, 2.45) is 0 Å². The van der Waals surface area contributed by atoms with Crippen LogP contribution in [-0.2, 0) is 0 Å². The molecule has 1 aromatic heterocycles. The van der Waals surface area contributed by atoms with Gasteiger partial charge in [0.25, 0.3) is 11.8 Å². The van der Waals surface area contributed by atoms with Gasteiger partial charge >= 0.3 is 0 Å². The van der Waals surface area contributed by atoms with Crippen LogP contribution in [0.4, 0.5) is 5.69 Å². The first-order chi connectivity index (χ1) is 11.2. The van der Waals surface area contributed by atoms with E-state index in [1.807, 2.05) is 6.07 Å². The topological polar surface area (TPSA) is 94.9 Å². The number of benzene rings is 1. The van der Waals surface area contributed by atoms with Crippen LogP contribution in [0.5, 0.6) is 0 Å². The smallest absolute Gasteiger partial charge is 0.270 e. The van der Waals surface area contributed by atoms with E-state index in [0.717, 1.165) is 12.8 Å². The lowest BCUT2D eigenvalue weighted by atomic mass is 10.2. The maximum absolute atomic E-state index is 12.2. The van der Waals surface area contributed by atoms with Crippen LogP contribution in [0.2, 0.25) is 0 Å². The van der Waals surface area contributed by atoms with E-state index in [-0.39, 0.29) is 23.6 Å². The second kappa shape index (κ2) is 6.28. The fourth-order valence-corrected chi connectivity index (χ4v) is 2.01. The molecule has 1 aliphatic carbocycles. The summed E-state index contributed by atoms with van der Waals surface area (Å²) in [6, 6.07) is 11.8. The molecule has 0 saturated heterocycles. The minimum absolute atomic E-state index is 0.226. The molecule has 0 bridgehead atoms. The van der Waals surface area contributed by atoms with Crippen LogP contribution in [0.15, 0.2) is 42.6 Å². The van der Waals surface area contributed by atoms with Gasteiger partial charge in [-0.25, -0.2) is 0 Å². The first-order valence-corrected chi connectivity index (χ1v) is 7.24. The van der Waals surface area contributed by atoms with Crippen molar-refractivity contribution >= 4 is 17.5 Å². The quantitative estimate of drug-likeness (QED) is 0.904. The van der Waals surface area contributed by atoms with Crippen LogP contribution >= 0.6 is 0 Å². The molecular formula is C17H14N4O2. The number of amides is 2. The van der Waals surface area contributed by atoms with E-state index < -0.39 is 0 Å². The highest BCUT2D eigenvalue weighted by molar-refractivity contribution is 6.05. The molecule has 23 heavy (non-hydrogen) atoms. The van der Waals surface area contributed by atoms with Gasteiger partial charge in [-0.1, -0.05) is 0 Å². The zero-order chi connectivity index (χ0) is 16.2. The van der Waals surface area contributed by atoms with Crippen LogP contribution < -0.4 is 10.6 Å². The Morgan fingerprint density at radius 2 is 1.87 bits per heavy atom. The van der Waals surface area contributed by atoms with E-state index in [2.05, 4.69) is 15.6 Å². The maximum Gasteiger partial charge on any atom is 0.270 e. The van der Waals surface area contributed by atoms with E-state index in [1.165, 1.54) is 12.3 Å². The number of hydrogen-bond acceptors (Lipinski definition) is 4. The number of carbonyl (C=O) groups is 2. The van der Waals surface area contributed by atoms with Gasteiger partial charge in [0.1, 0.15) is 5.69 Å². The van der Waals surface area contributed by atoms with Crippen molar-refractivity contribution in [1.82, 2.24) is 10.3 Å². The summed E-state index contributed by atoms with van der Waals surface area (Å²) in [6.07, 6.45) is 3.42. The van der Waals surface area contributed by atoms with Crippen molar-refractivity contribution in [2.45, 2.75) is 18.9 Å². The van der Waals surface area contributed by atoms with E-state index in [1.54, 1.807) is 30.3 Å².